The van der Waals surface area contributed by atoms with Crippen LogP contribution in [-0.4, -0.2) is 40.0 Å². The minimum Gasteiger partial charge on any atom is -0.366 e. The fraction of sp³-hybridized carbons (Fsp3) is 0.471. The predicted molar refractivity (Wildman–Crippen MR) is 87.3 cm³/mol. The van der Waals surface area contributed by atoms with Crippen LogP contribution in [0.15, 0.2) is 29.9 Å². The predicted octanol–water partition coefficient (Wildman–Crippen LogP) is 2.84. The van der Waals surface area contributed by atoms with Crippen LogP contribution in [0.3, 0.4) is 0 Å². The van der Waals surface area contributed by atoms with Crippen molar-refractivity contribution in [3.8, 4) is 0 Å². The summed E-state index contributed by atoms with van der Waals surface area (Å²) < 4.78 is 6.18. The number of ether oxygens (including phenoxy) is 1. The second kappa shape index (κ2) is 6.02. The SMILES string of the molecule is Cc1ccc(C(=O)N2CC[C@@H]3C[C@@H](c4nccs4)O[C@H]3C2)cn1. The van der Waals surface area contributed by atoms with Gasteiger partial charge < -0.3 is 9.64 Å². The van der Waals surface area contributed by atoms with E-state index in [0.29, 0.717) is 18.0 Å². The van der Waals surface area contributed by atoms with Gasteiger partial charge in [-0.1, -0.05) is 0 Å². The molecule has 4 rings (SSSR count). The second-order valence-electron chi connectivity index (χ2n) is 6.26. The third-order valence-electron chi connectivity index (χ3n) is 4.72. The fourth-order valence-corrected chi connectivity index (χ4v) is 4.13. The summed E-state index contributed by atoms with van der Waals surface area (Å²) in [6.45, 7) is 3.38. The molecule has 6 heteroatoms. The first-order valence-corrected chi connectivity index (χ1v) is 8.85. The molecule has 1 amide bonds. The van der Waals surface area contributed by atoms with Gasteiger partial charge >= 0.3 is 0 Å². The molecule has 0 aliphatic carbocycles. The third kappa shape index (κ3) is 2.88. The number of aryl methyl sites for hydroxylation is 1. The maximum Gasteiger partial charge on any atom is 0.255 e. The van der Waals surface area contributed by atoms with E-state index in [1.54, 1.807) is 17.5 Å². The zero-order chi connectivity index (χ0) is 15.8. The van der Waals surface area contributed by atoms with E-state index in [9.17, 15) is 4.79 Å². The van der Waals surface area contributed by atoms with Crippen molar-refractivity contribution in [3.63, 3.8) is 0 Å². The Morgan fingerprint density at radius 2 is 2.30 bits per heavy atom. The van der Waals surface area contributed by atoms with Gasteiger partial charge in [0.05, 0.1) is 11.7 Å². The highest BCUT2D eigenvalue weighted by Gasteiger charge is 2.41. The molecule has 0 saturated carbocycles. The molecule has 2 aliphatic heterocycles. The smallest absolute Gasteiger partial charge is 0.255 e. The molecule has 120 valence electrons. The van der Waals surface area contributed by atoms with Gasteiger partial charge in [-0.25, -0.2) is 4.98 Å². The van der Waals surface area contributed by atoms with Gasteiger partial charge in [0.2, 0.25) is 0 Å². The highest BCUT2D eigenvalue weighted by atomic mass is 32.1. The molecule has 0 N–H and O–H groups in total. The van der Waals surface area contributed by atoms with Crippen LogP contribution in [-0.2, 0) is 4.74 Å². The van der Waals surface area contributed by atoms with Gasteiger partial charge in [-0.3, -0.25) is 9.78 Å². The largest absolute Gasteiger partial charge is 0.366 e. The fourth-order valence-electron chi connectivity index (χ4n) is 3.44. The Hall–Kier alpha value is -1.79. The highest BCUT2D eigenvalue weighted by molar-refractivity contribution is 7.09. The van der Waals surface area contributed by atoms with Crippen molar-refractivity contribution < 1.29 is 9.53 Å². The molecule has 2 aliphatic rings. The minimum atomic E-state index is 0.0530. The van der Waals surface area contributed by atoms with Gasteiger partial charge in [-0.2, -0.15) is 0 Å². The lowest BCUT2D eigenvalue weighted by Crippen LogP contribution is -2.45. The Balaban J connectivity index is 1.44. The molecule has 0 spiro atoms. The number of likely N-dealkylation sites (tertiary alicyclic amines) is 1. The van der Waals surface area contributed by atoms with Gasteiger partial charge in [-0.15, -0.1) is 11.3 Å². The summed E-state index contributed by atoms with van der Waals surface area (Å²) >= 11 is 1.65. The van der Waals surface area contributed by atoms with E-state index < -0.39 is 0 Å². The number of hydrogen-bond donors (Lipinski definition) is 0. The Morgan fingerprint density at radius 1 is 1.39 bits per heavy atom. The van der Waals surface area contributed by atoms with Crippen LogP contribution < -0.4 is 0 Å². The maximum atomic E-state index is 12.6. The first-order chi connectivity index (χ1) is 11.2. The minimum absolute atomic E-state index is 0.0530. The molecular formula is C17H19N3O2S. The van der Waals surface area contributed by atoms with Crippen LogP contribution in [0.2, 0.25) is 0 Å². The average Bonchev–Trinajstić information content (AvgIpc) is 3.23. The van der Waals surface area contributed by atoms with E-state index in [1.165, 1.54) is 0 Å². The second-order valence-corrected chi connectivity index (χ2v) is 7.18. The van der Waals surface area contributed by atoms with Gasteiger partial charge in [0.15, 0.2) is 0 Å². The normalized spacial score (nSPS) is 27.0. The molecule has 0 unspecified atom stereocenters. The summed E-state index contributed by atoms with van der Waals surface area (Å²) in [5.41, 5.74) is 1.58. The molecule has 2 aromatic heterocycles. The molecule has 2 aromatic rings. The first-order valence-electron chi connectivity index (χ1n) is 7.97. The first kappa shape index (κ1) is 14.8. The molecule has 2 saturated heterocycles. The summed E-state index contributed by atoms with van der Waals surface area (Å²) in [6, 6.07) is 3.73. The van der Waals surface area contributed by atoms with Crippen molar-refractivity contribution in [1.82, 2.24) is 14.9 Å². The molecule has 5 nitrogen and oxygen atoms in total. The molecule has 0 aromatic carbocycles. The van der Waals surface area contributed by atoms with Gasteiger partial charge in [0.25, 0.3) is 5.91 Å². The molecule has 2 fully saturated rings. The monoisotopic (exact) mass is 329 g/mol. The van der Waals surface area contributed by atoms with Crippen molar-refractivity contribution in [3.05, 3.63) is 46.2 Å². The van der Waals surface area contributed by atoms with E-state index in [-0.39, 0.29) is 18.1 Å². The van der Waals surface area contributed by atoms with E-state index in [0.717, 1.165) is 30.1 Å². The van der Waals surface area contributed by atoms with Crippen LogP contribution in [0.5, 0.6) is 0 Å². The number of piperidine rings is 1. The third-order valence-corrected chi connectivity index (χ3v) is 5.59. The van der Waals surface area contributed by atoms with Crippen LogP contribution >= 0.6 is 11.3 Å². The molecular weight excluding hydrogens is 310 g/mol. The number of aromatic nitrogens is 2. The number of pyridine rings is 1. The van der Waals surface area contributed by atoms with Gasteiger partial charge in [0, 0.05) is 36.6 Å². The lowest BCUT2D eigenvalue weighted by Gasteiger charge is -2.34. The van der Waals surface area contributed by atoms with Crippen molar-refractivity contribution in [2.45, 2.75) is 32.0 Å². The molecule has 23 heavy (non-hydrogen) atoms. The number of hydrogen-bond acceptors (Lipinski definition) is 5. The Kier molecular flexibility index (Phi) is 3.87. The maximum absolute atomic E-state index is 12.6. The summed E-state index contributed by atoms with van der Waals surface area (Å²) in [5.74, 6) is 0.585. The number of rotatable bonds is 2. The van der Waals surface area contributed by atoms with Crippen LogP contribution in [0, 0.1) is 12.8 Å². The number of carbonyl (C=O) groups is 1. The molecule has 0 radical (unpaired) electrons. The number of fused-ring (bicyclic) bond motifs is 1. The molecule has 0 bridgehead atoms. The topological polar surface area (TPSA) is 55.3 Å². The van der Waals surface area contributed by atoms with Crippen molar-refractivity contribution >= 4 is 17.2 Å². The van der Waals surface area contributed by atoms with Crippen LogP contribution in [0.4, 0.5) is 0 Å². The van der Waals surface area contributed by atoms with Crippen LogP contribution in [0.25, 0.3) is 0 Å². The van der Waals surface area contributed by atoms with Crippen LogP contribution in [0.1, 0.15) is 40.0 Å². The van der Waals surface area contributed by atoms with Gasteiger partial charge in [0.1, 0.15) is 11.1 Å². The quantitative estimate of drug-likeness (QED) is 0.850. The van der Waals surface area contributed by atoms with E-state index >= 15 is 0 Å². The molecule has 3 atom stereocenters. The lowest BCUT2D eigenvalue weighted by atomic mass is 9.91. The lowest BCUT2D eigenvalue weighted by molar-refractivity contribution is -0.00449. The van der Waals surface area contributed by atoms with E-state index in [1.807, 2.05) is 35.5 Å². The number of nitrogens with zero attached hydrogens (tertiary/aromatic N) is 3. The Labute approximate surface area is 139 Å². The average molecular weight is 329 g/mol. The summed E-state index contributed by atoms with van der Waals surface area (Å²) in [5, 5.41) is 3.04. The number of thiazole rings is 1. The summed E-state index contributed by atoms with van der Waals surface area (Å²) in [6.07, 6.45) is 5.73. The van der Waals surface area contributed by atoms with E-state index in [4.69, 9.17) is 4.74 Å². The summed E-state index contributed by atoms with van der Waals surface area (Å²) in [7, 11) is 0. The zero-order valence-corrected chi connectivity index (χ0v) is 13.8. The standard InChI is InChI=1S/C17H19N3O2S/c1-11-2-3-13(9-19-11)17(21)20-6-4-12-8-14(22-15(12)10-20)16-18-5-7-23-16/h2-3,5,7,9,12,14-15H,4,6,8,10H2,1H3/t12-,14+,15+/m1/s1. The zero-order valence-electron chi connectivity index (χ0n) is 13.0. The van der Waals surface area contributed by atoms with Crippen molar-refractivity contribution in [2.24, 2.45) is 5.92 Å². The van der Waals surface area contributed by atoms with Gasteiger partial charge in [-0.05, 0) is 37.8 Å². The van der Waals surface area contributed by atoms with Crippen molar-refractivity contribution in [1.29, 1.82) is 0 Å². The van der Waals surface area contributed by atoms with Crippen molar-refractivity contribution in [2.75, 3.05) is 13.1 Å². The highest BCUT2D eigenvalue weighted by Crippen LogP contribution is 2.41. The Morgan fingerprint density at radius 3 is 3.04 bits per heavy atom. The summed E-state index contributed by atoms with van der Waals surface area (Å²) in [4.78, 5) is 23.1. The molecule has 4 heterocycles. The van der Waals surface area contributed by atoms with E-state index in [2.05, 4.69) is 9.97 Å². The number of amides is 1. The number of carbonyl (C=O) groups excluding carboxylic acids is 1. The Bertz CT molecular complexity index is 686.